The van der Waals surface area contributed by atoms with Crippen molar-refractivity contribution in [2.24, 2.45) is 0 Å². The van der Waals surface area contributed by atoms with Gasteiger partial charge in [-0.2, -0.15) is 0 Å². The number of rotatable bonds is 4. The number of hydrogen-bond acceptors (Lipinski definition) is 2. The van der Waals surface area contributed by atoms with Crippen LogP contribution in [0.1, 0.15) is 23.7 Å². The second kappa shape index (κ2) is 5.56. The van der Waals surface area contributed by atoms with Crippen LogP contribution in [0.3, 0.4) is 0 Å². The van der Waals surface area contributed by atoms with Gasteiger partial charge in [0.1, 0.15) is 0 Å². The second-order valence-corrected chi connectivity index (χ2v) is 4.01. The molecule has 4 heteroatoms. The van der Waals surface area contributed by atoms with Gasteiger partial charge in [0, 0.05) is 6.04 Å². The number of carbonyl (C=O) groups excluding carboxylic acids is 1. The SMILES string of the molecule is C=CCC(C)NC(=O)c1cccc(Cl)c1N. The predicted molar refractivity (Wildman–Crippen MR) is 67.6 cm³/mol. The highest BCUT2D eigenvalue weighted by atomic mass is 35.5. The summed E-state index contributed by atoms with van der Waals surface area (Å²) in [5, 5.41) is 3.21. The molecule has 0 saturated carbocycles. The van der Waals surface area contributed by atoms with E-state index in [4.69, 9.17) is 17.3 Å². The molecule has 0 aliphatic carbocycles. The molecule has 0 aliphatic rings. The minimum atomic E-state index is -0.214. The molecule has 3 N–H and O–H groups in total. The van der Waals surface area contributed by atoms with E-state index >= 15 is 0 Å². The summed E-state index contributed by atoms with van der Waals surface area (Å²) in [5.74, 6) is -0.214. The van der Waals surface area contributed by atoms with Crippen molar-refractivity contribution in [2.45, 2.75) is 19.4 Å². The predicted octanol–water partition coefficient (Wildman–Crippen LogP) is 2.62. The molecule has 16 heavy (non-hydrogen) atoms. The van der Waals surface area contributed by atoms with Gasteiger partial charge in [-0.15, -0.1) is 6.58 Å². The molecule has 0 aromatic heterocycles. The third-order valence-corrected chi connectivity index (χ3v) is 2.52. The number of halogens is 1. The fourth-order valence-corrected chi connectivity index (χ4v) is 1.52. The van der Waals surface area contributed by atoms with Crippen LogP contribution in [0.4, 0.5) is 5.69 Å². The first kappa shape index (κ1) is 12.6. The summed E-state index contributed by atoms with van der Waals surface area (Å²) < 4.78 is 0. The first-order chi connectivity index (χ1) is 7.56. The summed E-state index contributed by atoms with van der Waals surface area (Å²) in [4.78, 5) is 11.8. The Bertz CT molecular complexity index is 404. The van der Waals surface area contributed by atoms with E-state index in [0.29, 0.717) is 22.7 Å². The molecule has 1 rings (SSSR count). The standard InChI is InChI=1S/C12H15ClN2O/c1-3-5-8(2)15-12(16)9-6-4-7-10(13)11(9)14/h3-4,6-8H,1,5,14H2,2H3,(H,15,16). The molecule has 86 valence electrons. The van der Waals surface area contributed by atoms with Gasteiger partial charge in [-0.25, -0.2) is 0 Å². The molecule has 0 radical (unpaired) electrons. The van der Waals surface area contributed by atoms with Gasteiger partial charge in [0.2, 0.25) is 0 Å². The van der Waals surface area contributed by atoms with Crippen molar-refractivity contribution >= 4 is 23.2 Å². The van der Waals surface area contributed by atoms with Crippen molar-refractivity contribution in [3.8, 4) is 0 Å². The fraction of sp³-hybridized carbons (Fsp3) is 0.250. The molecule has 0 aliphatic heterocycles. The van der Waals surface area contributed by atoms with E-state index in [0.717, 1.165) is 0 Å². The van der Waals surface area contributed by atoms with Gasteiger partial charge in [-0.1, -0.05) is 23.7 Å². The minimum Gasteiger partial charge on any atom is -0.397 e. The van der Waals surface area contributed by atoms with Crippen molar-refractivity contribution in [3.05, 3.63) is 41.4 Å². The fourth-order valence-electron chi connectivity index (χ4n) is 1.35. The molecule has 0 spiro atoms. The molecule has 3 nitrogen and oxygen atoms in total. The Hall–Kier alpha value is -1.48. The molecule has 0 bridgehead atoms. The van der Waals surface area contributed by atoms with Gasteiger partial charge in [-0.3, -0.25) is 4.79 Å². The molecular formula is C12H15ClN2O. The van der Waals surface area contributed by atoms with E-state index in [1.54, 1.807) is 24.3 Å². The zero-order valence-electron chi connectivity index (χ0n) is 9.16. The highest BCUT2D eigenvalue weighted by Crippen LogP contribution is 2.22. The molecule has 0 saturated heterocycles. The van der Waals surface area contributed by atoms with Crippen LogP contribution in [0.5, 0.6) is 0 Å². The molecular weight excluding hydrogens is 224 g/mol. The number of hydrogen-bond donors (Lipinski definition) is 2. The maximum Gasteiger partial charge on any atom is 0.253 e. The molecule has 1 aromatic carbocycles. The Labute approximate surface area is 100 Å². The number of carbonyl (C=O) groups is 1. The first-order valence-electron chi connectivity index (χ1n) is 5.02. The number of nitrogens with one attached hydrogen (secondary N) is 1. The average Bonchev–Trinajstić information content (AvgIpc) is 2.22. The van der Waals surface area contributed by atoms with Crippen LogP contribution < -0.4 is 11.1 Å². The molecule has 1 unspecified atom stereocenters. The lowest BCUT2D eigenvalue weighted by molar-refractivity contribution is 0.0941. The van der Waals surface area contributed by atoms with E-state index in [9.17, 15) is 4.79 Å². The lowest BCUT2D eigenvalue weighted by atomic mass is 10.1. The van der Waals surface area contributed by atoms with Crippen LogP contribution in [0.15, 0.2) is 30.9 Å². The molecule has 0 heterocycles. The Morgan fingerprint density at radius 1 is 1.69 bits per heavy atom. The topological polar surface area (TPSA) is 55.1 Å². The van der Waals surface area contributed by atoms with Crippen molar-refractivity contribution in [1.29, 1.82) is 0 Å². The number of anilines is 1. The first-order valence-corrected chi connectivity index (χ1v) is 5.39. The van der Waals surface area contributed by atoms with Crippen molar-refractivity contribution in [2.75, 3.05) is 5.73 Å². The minimum absolute atomic E-state index is 0.0309. The van der Waals surface area contributed by atoms with Gasteiger partial charge in [0.05, 0.1) is 16.3 Å². The summed E-state index contributed by atoms with van der Waals surface area (Å²) in [7, 11) is 0. The number of nitrogen functional groups attached to an aromatic ring is 1. The van der Waals surface area contributed by atoms with Crippen LogP contribution in [-0.4, -0.2) is 11.9 Å². The van der Waals surface area contributed by atoms with Crippen molar-refractivity contribution in [3.63, 3.8) is 0 Å². The van der Waals surface area contributed by atoms with E-state index in [2.05, 4.69) is 11.9 Å². The monoisotopic (exact) mass is 238 g/mol. The van der Waals surface area contributed by atoms with Gasteiger partial charge in [-0.05, 0) is 25.5 Å². The number of nitrogens with two attached hydrogens (primary N) is 1. The number of amides is 1. The second-order valence-electron chi connectivity index (χ2n) is 3.60. The largest absolute Gasteiger partial charge is 0.397 e. The lowest BCUT2D eigenvalue weighted by Gasteiger charge is -2.13. The normalized spacial score (nSPS) is 11.9. The zero-order chi connectivity index (χ0) is 12.1. The molecule has 0 fully saturated rings. The van der Waals surface area contributed by atoms with Crippen molar-refractivity contribution < 1.29 is 4.79 Å². The Kier molecular flexibility index (Phi) is 4.38. The van der Waals surface area contributed by atoms with Crippen LogP contribution >= 0.6 is 11.6 Å². The Balaban J connectivity index is 2.81. The number of para-hydroxylation sites is 1. The van der Waals surface area contributed by atoms with Crippen molar-refractivity contribution in [1.82, 2.24) is 5.32 Å². The third-order valence-electron chi connectivity index (χ3n) is 2.20. The summed E-state index contributed by atoms with van der Waals surface area (Å²) in [6, 6.07) is 5.03. The third kappa shape index (κ3) is 3.00. The molecule has 1 atom stereocenters. The van der Waals surface area contributed by atoms with Crippen LogP contribution in [0.2, 0.25) is 5.02 Å². The van der Waals surface area contributed by atoms with Gasteiger partial charge < -0.3 is 11.1 Å². The lowest BCUT2D eigenvalue weighted by Crippen LogP contribution is -2.32. The van der Waals surface area contributed by atoms with Gasteiger partial charge >= 0.3 is 0 Å². The summed E-state index contributed by atoms with van der Waals surface area (Å²) in [6.45, 7) is 5.52. The quantitative estimate of drug-likeness (QED) is 0.626. The van der Waals surface area contributed by atoms with E-state index in [1.165, 1.54) is 0 Å². The van der Waals surface area contributed by atoms with Crippen LogP contribution in [0.25, 0.3) is 0 Å². The average molecular weight is 239 g/mol. The summed E-state index contributed by atoms with van der Waals surface area (Å²) >= 11 is 5.83. The van der Waals surface area contributed by atoms with Crippen LogP contribution in [-0.2, 0) is 0 Å². The number of benzene rings is 1. The molecule has 1 aromatic rings. The van der Waals surface area contributed by atoms with E-state index in [1.807, 2.05) is 6.92 Å². The highest BCUT2D eigenvalue weighted by molar-refractivity contribution is 6.33. The molecule has 1 amide bonds. The van der Waals surface area contributed by atoms with Crippen LogP contribution in [0, 0.1) is 0 Å². The maximum absolute atomic E-state index is 11.8. The Morgan fingerprint density at radius 2 is 2.38 bits per heavy atom. The van der Waals surface area contributed by atoms with Gasteiger partial charge in [0.25, 0.3) is 5.91 Å². The summed E-state index contributed by atoms with van der Waals surface area (Å²) in [6.07, 6.45) is 2.47. The smallest absolute Gasteiger partial charge is 0.253 e. The highest BCUT2D eigenvalue weighted by Gasteiger charge is 2.13. The Morgan fingerprint density at radius 3 is 3.00 bits per heavy atom. The van der Waals surface area contributed by atoms with Gasteiger partial charge in [0.15, 0.2) is 0 Å². The summed E-state index contributed by atoms with van der Waals surface area (Å²) in [5.41, 5.74) is 6.44. The van der Waals surface area contributed by atoms with E-state index < -0.39 is 0 Å². The zero-order valence-corrected chi connectivity index (χ0v) is 9.92. The maximum atomic E-state index is 11.8. The van der Waals surface area contributed by atoms with E-state index in [-0.39, 0.29) is 11.9 Å².